The minimum absolute atomic E-state index is 0.115. The lowest BCUT2D eigenvalue weighted by molar-refractivity contribution is -0.134. The number of benzene rings is 1. The van der Waals surface area contributed by atoms with E-state index in [1.165, 1.54) is 12.1 Å². The van der Waals surface area contributed by atoms with Gasteiger partial charge in [0.25, 0.3) is 0 Å². The molecule has 0 N–H and O–H groups in total. The molecule has 2 heterocycles. The van der Waals surface area contributed by atoms with Crippen molar-refractivity contribution in [3.05, 3.63) is 35.3 Å². The molecule has 1 aliphatic heterocycles. The van der Waals surface area contributed by atoms with E-state index in [4.69, 9.17) is 14.5 Å². The molecule has 1 fully saturated rings. The summed E-state index contributed by atoms with van der Waals surface area (Å²) in [5, 5.41) is 0.706. The molecule has 32 heavy (non-hydrogen) atoms. The van der Waals surface area contributed by atoms with E-state index in [9.17, 15) is 9.18 Å². The van der Waals surface area contributed by atoms with Crippen LogP contribution in [-0.2, 0) is 16.1 Å². The zero-order chi connectivity index (χ0) is 22.9. The summed E-state index contributed by atoms with van der Waals surface area (Å²) in [5.41, 5.74) is 2.45. The maximum atomic E-state index is 13.9. The Morgan fingerprint density at radius 3 is 2.62 bits per heavy atom. The second-order valence-electron chi connectivity index (χ2n) is 8.72. The summed E-state index contributed by atoms with van der Waals surface area (Å²) < 4.78 is 26.1. The van der Waals surface area contributed by atoms with Crippen molar-refractivity contribution in [3.8, 4) is 5.75 Å². The minimum Gasteiger partial charge on any atom is -0.493 e. The largest absolute Gasteiger partial charge is 0.493 e. The lowest BCUT2D eigenvalue weighted by Gasteiger charge is -2.32. The Morgan fingerprint density at radius 2 is 1.91 bits per heavy atom. The van der Waals surface area contributed by atoms with Gasteiger partial charge in [-0.05, 0) is 50.8 Å². The van der Waals surface area contributed by atoms with Crippen LogP contribution in [0.15, 0.2) is 18.2 Å². The van der Waals surface area contributed by atoms with Gasteiger partial charge in [0.05, 0.1) is 30.5 Å². The number of likely N-dealkylation sites (tertiary alicyclic amines) is 1. The molecular weight excluding hydrogens is 407 g/mol. The highest BCUT2D eigenvalue weighted by molar-refractivity contribution is 5.86. The number of rotatable bonds is 11. The Morgan fingerprint density at radius 1 is 1.16 bits per heavy atom. The number of piperidine rings is 1. The van der Waals surface area contributed by atoms with E-state index < -0.39 is 0 Å². The quantitative estimate of drug-likeness (QED) is 0.402. The Bertz CT molecular complexity index is 894. The highest BCUT2D eigenvalue weighted by Gasteiger charge is 2.23. The van der Waals surface area contributed by atoms with Crippen LogP contribution < -0.4 is 4.74 Å². The fraction of sp³-hybridized carbons (Fsp3) is 0.615. The number of halogens is 1. The van der Waals surface area contributed by atoms with Gasteiger partial charge in [-0.15, -0.1) is 0 Å². The molecule has 0 unspecified atom stereocenters. The number of pyridine rings is 1. The third-order valence-electron chi connectivity index (χ3n) is 6.22. The normalized spacial score (nSPS) is 14.8. The molecule has 1 saturated heterocycles. The molecule has 2 aromatic rings. The van der Waals surface area contributed by atoms with Crippen LogP contribution >= 0.6 is 0 Å². The van der Waals surface area contributed by atoms with Gasteiger partial charge in [-0.25, -0.2) is 9.37 Å². The molecule has 1 aromatic heterocycles. The van der Waals surface area contributed by atoms with E-state index in [1.807, 2.05) is 11.8 Å². The molecule has 1 aliphatic rings. The van der Waals surface area contributed by atoms with Crippen molar-refractivity contribution in [3.63, 3.8) is 0 Å². The van der Waals surface area contributed by atoms with E-state index in [2.05, 4.69) is 13.8 Å². The summed E-state index contributed by atoms with van der Waals surface area (Å²) in [5.74, 6) is 0.679. The van der Waals surface area contributed by atoms with Gasteiger partial charge in [0.15, 0.2) is 0 Å². The highest BCUT2D eigenvalue weighted by atomic mass is 19.1. The Kier molecular flexibility index (Phi) is 9.27. The molecule has 0 radical (unpaired) electrons. The van der Waals surface area contributed by atoms with E-state index >= 15 is 0 Å². The van der Waals surface area contributed by atoms with Crippen molar-refractivity contribution < 1.29 is 18.7 Å². The van der Waals surface area contributed by atoms with Gasteiger partial charge < -0.3 is 14.4 Å². The van der Waals surface area contributed by atoms with Gasteiger partial charge in [-0.3, -0.25) is 4.79 Å². The molecule has 6 heteroatoms. The average Bonchev–Trinajstić information content (AvgIpc) is 2.80. The zero-order valence-corrected chi connectivity index (χ0v) is 19.8. The fourth-order valence-corrected chi connectivity index (χ4v) is 4.15. The number of amides is 1. The number of aromatic nitrogens is 1. The van der Waals surface area contributed by atoms with E-state index in [0.29, 0.717) is 30.8 Å². The van der Waals surface area contributed by atoms with Crippen LogP contribution in [0.1, 0.15) is 76.5 Å². The predicted octanol–water partition coefficient (Wildman–Crippen LogP) is 5.95. The third kappa shape index (κ3) is 6.41. The van der Waals surface area contributed by atoms with Crippen LogP contribution in [0.4, 0.5) is 4.39 Å². The zero-order valence-electron chi connectivity index (χ0n) is 19.8. The van der Waals surface area contributed by atoms with Crippen molar-refractivity contribution in [1.29, 1.82) is 0 Å². The highest BCUT2D eigenvalue weighted by Crippen LogP contribution is 2.32. The summed E-state index contributed by atoms with van der Waals surface area (Å²) in [4.78, 5) is 19.0. The van der Waals surface area contributed by atoms with Crippen molar-refractivity contribution in [2.24, 2.45) is 0 Å². The van der Waals surface area contributed by atoms with Crippen LogP contribution in [0.2, 0.25) is 0 Å². The number of unbranched alkanes of at least 4 members (excludes halogenated alkanes) is 3. The number of hydrogen-bond acceptors (Lipinski definition) is 4. The molecular formula is C26H37FN2O3. The smallest absolute Gasteiger partial charge is 0.222 e. The molecule has 0 spiro atoms. The summed E-state index contributed by atoms with van der Waals surface area (Å²) in [6, 6.07) is 4.62. The lowest BCUT2D eigenvalue weighted by atomic mass is 10.1. The van der Waals surface area contributed by atoms with Gasteiger partial charge in [-0.1, -0.05) is 33.1 Å². The first-order valence-electron chi connectivity index (χ1n) is 12.1. The standard InChI is InChI=1S/C26H37FN2O3/c1-4-6-8-9-25(30)29-14-12-21(13-15-29)32-18-24-19(3)26(31-16-7-5-2)22-17-20(27)10-11-23(22)28-24/h10-11,17,21H,4-9,12-16,18H2,1-3H3. The maximum absolute atomic E-state index is 13.9. The first-order valence-corrected chi connectivity index (χ1v) is 12.1. The summed E-state index contributed by atoms with van der Waals surface area (Å²) >= 11 is 0. The molecule has 176 valence electrons. The second kappa shape index (κ2) is 12.1. The van der Waals surface area contributed by atoms with Crippen LogP contribution in [0.25, 0.3) is 10.9 Å². The Hall–Kier alpha value is -2.21. The summed E-state index contributed by atoms with van der Waals surface area (Å²) in [7, 11) is 0. The Labute approximate surface area is 191 Å². The average molecular weight is 445 g/mol. The fourth-order valence-electron chi connectivity index (χ4n) is 4.15. The number of fused-ring (bicyclic) bond motifs is 1. The van der Waals surface area contributed by atoms with Crippen LogP contribution in [0, 0.1) is 12.7 Å². The number of nitrogens with zero attached hydrogens (tertiary/aromatic N) is 2. The molecule has 0 saturated carbocycles. The first kappa shape index (κ1) is 24.4. The van der Waals surface area contributed by atoms with Gasteiger partial charge in [0.1, 0.15) is 11.6 Å². The van der Waals surface area contributed by atoms with E-state index in [1.54, 1.807) is 6.07 Å². The maximum Gasteiger partial charge on any atom is 0.222 e. The molecule has 3 rings (SSSR count). The number of ether oxygens (including phenoxy) is 2. The summed E-state index contributed by atoms with van der Waals surface area (Å²) in [6.07, 6.45) is 7.66. The number of hydrogen-bond donors (Lipinski definition) is 0. The molecule has 5 nitrogen and oxygen atoms in total. The molecule has 0 aliphatic carbocycles. The molecule has 0 bridgehead atoms. The topological polar surface area (TPSA) is 51.7 Å². The van der Waals surface area contributed by atoms with Gasteiger partial charge in [0.2, 0.25) is 5.91 Å². The van der Waals surface area contributed by atoms with Crippen molar-refractivity contribution in [2.75, 3.05) is 19.7 Å². The van der Waals surface area contributed by atoms with Crippen LogP contribution in [0.3, 0.4) is 0 Å². The first-order chi connectivity index (χ1) is 15.5. The SMILES string of the molecule is CCCCCC(=O)N1CCC(OCc2nc3ccc(F)cc3c(OCCCC)c2C)CC1. The molecule has 0 atom stereocenters. The minimum atomic E-state index is -0.293. The van der Waals surface area contributed by atoms with Crippen molar-refractivity contribution in [1.82, 2.24) is 9.88 Å². The van der Waals surface area contributed by atoms with Crippen LogP contribution in [0.5, 0.6) is 5.75 Å². The monoisotopic (exact) mass is 444 g/mol. The third-order valence-corrected chi connectivity index (χ3v) is 6.22. The number of carbonyl (C=O) groups excluding carboxylic acids is 1. The number of carbonyl (C=O) groups is 1. The second-order valence-corrected chi connectivity index (χ2v) is 8.72. The lowest BCUT2D eigenvalue weighted by Crippen LogP contribution is -2.40. The molecule has 1 amide bonds. The van der Waals surface area contributed by atoms with Crippen LogP contribution in [-0.4, -0.2) is 41.6 Å². The van der Waals surface area contributed by atoms with Gasteiger partial charge in [0, 0.05) is 30.5 Å². The van der Waals surface area contributed by atoms with Crippen molar-refractivity contribution in [2.45, 2.75) is 84.8 Å². The summed E-state index contributed by atoms with van der Waals surface area (Å²) in [6.45, 7) is 8.72. The van der Waals surface area contributed by atoms with E-state index in [-0.39, 0.29) is 17.8 Å². The van der Waals surface area contributed by atoms with Gasteiger partial charge in [-0.2, -0.15) is 0 Å². The molecule has 1 aromatic carbocycles. The Balaban J connectivity index is 1.62. The van der Waals surface area contributed by atoms with Crippen molar-refractivity contribution >= 4 is 16.8 Å². The van der Waals surface area contributed by atoms with E-state index in [0.717, 1.165) is 74.8 Å². The predicted molar refractivity (Wildman–Crippen MR) is 125 cm³/mol. The van der Waals surface area contributed by atoms with Gasteiger partial charge >= 0.3 is 0 Å².